The number of para-hydroxylation sites is 1. The lowest BCUT2D eigenvalue weighted by Gasteiger charge is -2.19. The van der Waals surface area contributed by atoms with E-state index in [0.29, 0.717) is 0 Å². The third kappa shape index (κ3) is 3.55. The van der Waals surface area contributed by atoms with Gasteiger partial charge in [0.05, 0.1) is 23.3 Å². The number of carbonyl (C=O) groups excluding carboxylic acids is 1. The zero-order valence-electron chi connectivity index (χ0n) is 14.3. The molecule has 0 aliphatic heterocycles. The van der Waals surface area contributed by atoms with E-state index in [0.717, 1.165) is 48.3 Å². The first-order valence-corrected chi connectivity index (χ1v) is 8.61. The van der Waals surface area contributed by atoms with Crippen molar-refractivity contribution in [2.45, 2.75) is 46.0 Å². The summed E-state index contributed by atoms with van der Waals surface area (Å²) < 4.78 is 1.90. The third-order valence-electron chi connectivity index (χ3n) is 4.69. The predicted molar refractivity (Wildman–Crippen MR) is 95.3 cm³/mol. The standard InChI is InChI=1S/C19H24N4O/c1-14-18(13-20-21-19(24)16-9-5-3-6-10-16)15(2)23(22-14)17-11-7-4-8-12-17/h4,7-8,11-13,16H,3,5-6,9-10H2,1-2H3,(H,21,24)/b20-13-. The molecule has 2 aromatic rings. The highest BCUT2D eigenvalue weighted by atomic mass is 16.2. The Morgan fingerprint density at radius 2 is 1.92 bits per heavy atom. The Balaban J connectivity index is 1.71. The van der Waals surface area contributed by atoms with Crippen molar-refractivity contribution in [1.29, 1.82) is 0 Å². The molecule has 24 heavy (non-hydrogen) atoms. The van der Waals surface area contributed by atoms with Crippen molar-refractivity contribution in [1.82, 2.24) is 15.2 Å². The maximum Gasteiger partial charge on any atom is 0.243 e. The summed E-state index contributed by atoms with van der Waals surface area (Å²) in [5.74, 6) is 0.154. The lowest BCUT2D eigenvalue weighted by Crippen LogP contribution is -2.28. The second-order valence-electron chi connectivity index (χ2n) is 6.40. The van der Waals surface area contributed by atoms with Crippen LogP contribution in [0.2, 0.25) is 0 Å². The molecule has 3 rings (SSSR count). The molecule has 5 heteroatoms. The van der Waals surface area contributed by atoms with Crippen molar-refractivity contribution in [3.05, 3.63) is 47.3 Å². The van der Waals surface area contributed by atoms with Crippen molar-refractivity contribution in [3.8, 4) is 5.69 Å². The molecule has 1 heterocycles. The molecular weight excluding hydrogens is 300 g/mol. The molecule has 1 aliphatic rings. The van der Waals surface area contributed by atoms with Gasteiger partial charge in [-0.15, -0.1) is 0 Å². The number of nitrogens with one attached hydrogen (secondary N) is 1. The summed E-state index contributed by atoms with van der Waals surface area (Å²) in [6, 6.07) is 10.0. The van der Waals surface area contributed by atoms with Crippen LogP contribution < -0.4 is 5.43 Å². The number of rotatable bonds is 4. The van der Waals surface area contributed by atoms with Gasteiger partial charge in [-0.3, -0.25) is 4.79 Å². The molecule has 0 spiro atoms. The van der Waals surface area contributed by atoms with Gasteiger partial charge in [0.25, 0.3) is 0 Å². The topological polar surface area (TPSA) is 59.3 Å². The van der Waals surface area contributed by atoms with Crippen molar-refractivity contribution in [3.63, 3.8) is 0 Å². The monoisotopic (exact) mass is 324 g/mol. The predicted octanol–water partition coefficient (Wildman–Crippen LogP) is 3.52. The third-order valence-corrected chi connectivity index (χ3v) is 4.69. The number of aryl methyl sites for hydroxylation is 1. The Kier molecular flexibility index (Phi) is 5.08. The first-order valence-electron chi connectivity index (χ1n) is 8.61. The van der Waals surface area contributed by atoms with Crippen molar-refractivity contribution in [2.75, 3.05) is 0 Å². The van der Waals surface area contributed by atoms with E-state index >= 15 is 0 Å². The summed E-state index contributed by atoms with van der Waals surface area (Å²) in [5, 5.41) is 8.75. The van der Waals surface area contributed by atoms with Gasteiger partial charge in [-0.05, 0) is 38.8 Å². The summed E-state index contributed by atoms with van der Waals surface area (Å²) >= 11 is 0. The molecule has 0 bridgehead atoms. The van der Waals surface area contributed by atoms with Gasteiger partial charge in [0.1, 0.15) is 0 Å². The number of amides is 1. The number of nitrogens with zero attached hydrogens (tertiary/aromatic N) is 3. The normalized spacial score (nSPS) is 15.8. The van der Waals surface area contributed by atoms with E-state index in [-0.39, 0.29) is 11.8 Å². The van der Waals surface area contributed by atoms with Crippen LogP contribution in [0.1, 0.15) is 49.1 Å². The summed E-state index contributed by atoms with van der Waals surface area (Å²) in [5.41, 5.74) is 6.57. The minimum absolute atomic E-state index is 0.0386. The maximum atomic E-state index is 12.1. The van der Waals surface area contributed by atoms with E-state index in [1.54, 1.807) is 6.21 Å². The minimum atomic E-state index is 0.0386. The molecule has 1 amide bonds. The number of hydrazone groups is 1. The molecule has 0 saturated heterocycles. The van der Waals surface area contributed by atoms with E-state index in [1.165, 1.54) is 6.42 Å². The number of carbonyl (C=O) groups is 1. The molecule has 0 atom stereocenters. The zero-order chi connectivity index (χ0) is 16.9. The highest BCUT2D eigenvalue weighted by molar-refractivity contribution is 5.85. The van der Waals surface area contributed by atoms with E-state index in [9.17, 15) is 4.79 Å². The Labute approximate surface area is 142 Å². The molecule has 126 valence electrons. The molecule has 1 N–H and O–H groups in total. The number of hydrogen-bond donors (Lipinski definition) is 1. The fourth-order valence-corrected chi connectivity index (χ4v) is 3.28. The zero-order valence-corrected chi connectivity index (χ0v) is 14.3. The van der Waals surface area contributed by atoms with Gasteiger partial charge in [-0.2, -0.15) is 10.2 Å². The number of hydrogen-bond acceptors (Lipinski definition) is 3. The van der Waals surface area contributed by atoms with Crippen molar-refractivity contribution < 1.29 is 4.79 Å². The molecule has 1 fully saturated rings. The fraction of sp³-hybridized carbons (Fsp3) is 0.421. The lowest BCUT2D eigenvalue weighted by molar-refractivity contribution is -0.125. The molecule has 1 aromatic carbocycles. The van der Waals surface area contributed by atoms with Gasteiger partial charge in [0, 0.05) is 11.5 Å². The first kappa shape index (κ1) is 16.4. The number of aromatic nitrogens is 2. The molecular formula is C19H24N4O. The van der Waals surface area contributed by atoms with Crippen molar-refractivity contribution in [2.24, 2.45) is 11.0 Å². The summed E-state index contributed by atoms with van der Waals surface area (Å²) in [7, 11) is 0. The second-order valence-corrected chi connectivity index (χ2v) is 6.40. The minimum Gasteiger partial charge on any atom is -0.273 e. The molecule has 0 unspecified atom stereocenters. The maximum absolute atomic E-state index is 12.1. The molecule has 1 aliphatic carbocycles. The highest BCUT2D eigenvalue weighted by Crippen LogP contribution is 2.23. The van der Waals surface area contributed by atoms with Crippen LogP contribution in [0.15, 0.2) is 35.4 Å². The van der Waals surface area contributed by atoms with E-state index in [1.807, 2.05) is 48.9 Å². The van der Waals surface area contributed by atoms with Gasteiger partial charge in [0.15, 0.2) is 0 Å². The van der Waals surface area contributed by atoms with Crippen LogP contribution in [0.5, 0.6) is 0 Å². The molecule has 1 saturated carbocycles. The first-order chi connectivity index (χ1) is 11.7. The van der Waals surface area contributed by atoms with Crippen LogP contribution >= 0.6 is 0 Å². The van der Waals surface area contributed by atoms with Crippen LogP contribution in [0.3, 0.4) is 0 Å². The Bertz CT molecular complexity index is 727. The van der Waals surface area contributed by atoms with E-state index < -0.39 is 0 Å². The average molecular weight is 324 g/mol. The van der Waals surface area contributed by atoms with Gasteiger partial charge in [-0.25, -0.2) is 10.1 Å². The number of benzene rings is 1. The van der Waals surface area contributed by atoms with Crippen LogP contribution in [-0.2, 0) is 4.79 Å². The van der Waals surface area contributed by atoms with E-state index in [4.69, 9.17) is 0 Å². The fourth-order valence-electron chi connectivity index (χ4n) is 3.28. The van der Waals surface area contributed by atoms with Crippen LogP contribution in [0.4, 0.5) is 0 Å². The summed E-state index contributed by atoms with van der Waals surface area (Å²) in [6.45, 7) is 3.97. The SMILES string of the molecule is Cc1nn(-c2ccccc2)c(C)c1/C=N\NC(=O)C1CCCCC1. The smallest absolute Gasteiger partial charge is 0.243 e. The van der Waals surface area contributed by atoms with Gasteiger partial charge in [-0.1, -0.05) is 37.5 Å². The molecule has 5 nitrogen and oxygen atoms in total. The Morgan fingerprint density at radius 1 is 1.21 bits per heavy atom. The molecule has 1 aromatic heterocycles. The van der Waals surface area contributed by atoms with Gasteiger partial charge < -0.3 is 0 Å². The lowest BCUT2D eigenvalue weighted by atomic mass is 9.89. The van der Waals surface area contributed by atoms with Gasteiger partial charge >= 0.3 is 0 Å². The summed E-state index contributed by atoms with van der Waals surface area (Å²) in [4.78, 5) is 12.1. The van der Waals surface area contributed by atoms with Crippen LogP contribution in [-0.4, -0.2) is 21.9 Å². The second kappa shape index (κ2) is 7.43. The quantitative estimate of drug-likeness (QED) is 0.691. The van der Waals surface area contributed by atoms with E-state index in [2.05, 4.69) is 15.6 Å². The Hall–Kier alpha value is -2.43. The van der Waals surface area contributed by atoms with Crippen LogP contribution in [0, 0.1) is 19.8 Å². The average Bonchev–Trinajstić information content (AvgIpc) is 2.91. The van der Waals surface area contributed by atoms with Crippen molar-refractivity contribution >= 4 is 12.1 Å². The van der Waals surface area contributed by atoms with Gasteiger partial charge in [0.2, 0.25) is 5.91 Å². The Morgan fingerprint density at radius 3 is 2.62 bits per heavy atom. The molecule has 0 radical (unpaired) electrons. The highest BCUT2D eigenvalue weighted by Gasteiger charge is 2.20. The summed E-state index contributed by atoms with van der Waals surface area (Å²) in [6.07, 6.45) is 7.19. The van der Waals surface area contributed by atoms with Crippen LogP contribution in [0.25, 0.3) is 5.69 Å². The largest absolute Gasteiger partial charge is 0.273 e.